The smallest absolute Gasteiger partial charge is 0.222 e. The molecule has 0 aliphatic heterocycles. The number of hydrogen-bond acceptors (Lipinski definition) is 1. The van der Waals surface area contributed by atoms with E-state index in [1.165, 1.54) is 11.1 Å². The Labute approximate surface area is 140 Å². The zero-order valence-electron chi connectivity index (χ0n) is 14.2. The molecule has 0 aliphatic carbocycles. The zero-order valence-corrected chi connectivity index (χ0v) is 14.2. The Balaban J connectivity index is 1.81. The van der Waals surface area contributed by atoms with E-state index in [1.54, 1.807) is 0 Å². The SMILES string of the molecule is CC[C@H](CCc1ccccc1)CC(=O)N(C)Cc1ccccc1. The summed E-state index contributed by atoms with van der Waals surface area (Å²) < 4.78 is 0. The normalized spacial score (nSPS) is 11.9. The third kappa shape index (κ3) is 5.90. The van der Waals surface area contributed by atoms with Crippen LogP contribution in [0.2, 0.25) is 0 Å². The summed E-state index contributed by atoms with van der Waals surface area (Å²) in [6.07, 6.45) is 3.82. The predicted molar refractivity (Wildman–Crippen MR) is 96.1 cm³/mol. The summed E-state index contributed by atoms with van der Waals surface area (Å²) in [6, 6.07) is 20.7. The fourth-order valence-electron chi connectivity index (χ4n) is 2.81. The lowest BCUT2D eigenvalue weighted by Gasteiger charge is -2.21. The van der Waals surface area contributed by atoms with E-state index in [1.807, 2.05) is 36.2 Å². The Bertz CT molecular complexity index is 579. The van der Waals surface area contributed by atoms with Gasteiger partial charge in [0.2, 0.25) is 5.91 Å². The summed E-state index contributed by atoms with van der Waals surface area (Å²) in [5.74, 6) is 0.703. The molecule has 0 unspecified atom stereocenters. The summed E-state index contributed by atoms with van der Waals surface area (Å²) in [5.41, 5.74) is 2.54. The second-order valence-electron chi connectivity index (χ2n) is 6.24. The van der Waals surface area contributed by atoms with Gasteiger partial charge in [0.25, 0.3) is 0 Å². The number of hydrogen-bond donors (Lipinski definition) is 0. The first kappa shape index (κ1) is 17.3. The second-order valence-corrected chi connectivity index (χ2v) is 6.24. The van der Waals surface area contributed by atoms with Crippen molar-refractivity contribution in [1.82, 2.24) is 4.90 Å². The molecular weight excluding hydrogens is 282 g/mol. The molecule has 2 nitrogen and oxygen atoms in total. The van der Waals surface area contributed by atoms with Crippen molar-refractivity contribution in [3.63, 3.8) is 0 Å². The van der Waals surface area contributed by atoms with E-state index < -0.39 is 0 Å². The van der Waals surface area contributed by atoms with Gasteiger partial charge in [0.15, 0.2) is 0 Å². The van der Waals surface area contributed by atoms with Gasteiger partial charge in [-0.2, -0.15) is 0 Å². The van der Waals surface area contributed by atoms with Crippen molar-refractivity contribution < 1.29 is 4.79 Å². The van der Waals surface area contributed by atoms with Gasteiger partial charge in [0.05, 0.1) is 0 Å². The average molecular weight is 309 g/mol. The van der Waals surface area contributed by atoms with Crippen molar-refractivity contribution in [2.75, 3.05) is 7.05 Å². The topological polar surface area (TPSA) is 20.3 Å². The van der Waals surface area contributed by atoms with Crippen molar-refractivity contribution >= 4 is 5.91 Å². The number of nitrogens with zero attached hydrogens (tertiary/aromatic N) is 1. The summed E-state index contributed by atoms with van der Waals surface area (Å²) in [4.78, 5) is 14.3. The maximum absolute atomic E-state index is 12.5. The molecule has 1 atom stereocenters. The fourth-order valence-corrected chi connectivity index (χ4v) is 2.81. The minimum Gasteiger partial charge on any atom is -0.341 e. The summed E-state index contributed by atoms with van der Waals surface area (Å²) >= 11 is 0. The van der Waals surface area contributed by atoms with E-state index in [4.69, 9.17) is 0 Å². The highest BCUT2D eigenvalue weighted by molar-refractivity contribution is 5.76. The Morgan fingerprint density at radius 3 is 2.09 bits per heavy atom. The molecular formula is C21H27NO. The van der Waals surface area contributed by atoms with Crippen molar-refractivity contribution in [3.8, 4) is 0 Å². The minimum absolute atomic E-state index is 0.244. The lowest BCUT2D eigenvalue weighted by atomic mass is 9.93. The lowest BCUT2D eigenvalue weighted by Crippen LogP contribution is -2.28. The van der Waals surface area contributed by atoms with Crippen LogP contribution in [0.25, 0.3) is 0 Å². The molecule has 122 valence electrons. The quantitative estimate of drug-likeness (QED) is 0.692. The molecule has 0 fully saturated rings. The highest BCUT2D eigenvalue weighted by Gasteiger charge is 2.16. The van der Waals surface area contributed by atoms with Crippen LogP contribution >= 0.6 is 0 Å². The molecule has 0 saturated carbocycles. The van der Waals surface area contributed by atoms with Crippen LogP contribution in [0.1, 0.15) is 37.3 Å². The highest BCUT2D eigenvalue weighted by Crippen LogP contribution is 2.18. The standard InChI is InChI=1S/C21H27NO/c1-3-18(14-15-19-10-6-4-7-11-19)16-21(23)22(2)17-20-12-8-5-9-13-20/h4-13,18H,3,14-17H2,1-2H3/t18-/m1/s1. The molecule has 0 aromatic heterocycles. The van der Waals surface area contributed by atoms with Crippen LogP contribution in [-0.4, -0.2) is 17.9 Å². The van der Waals surface area contributed by atoms with Gasteiger partial charge in [-0.3, -0.25) is 4.79 Å². The molecule has 0 radical (unpaired) electrons. The van der Waals surface area contributed by atoms with Crippen molar-refractivity contribution in [3.05, 3.63) is 71.8 Å². The van der Waals surface area contributed by atoms with Crippen LogP contribution in [0, 0.1) is 5.92 Å². The van der Waals surface area contributed by atoms with Crippen LogP contribution < -0.4 is 0 Å². The van der Waals surface area contributed by atoms with Crippen molar-refractivity contribution in [2.24, 2.45) is 5.92 Å². The molecule has 1 amide bonds. The first-order valence-electron chi connectivity index (χ1n) is 8.51. The van der Waals surface area contributed by atoms with Crippen LogP contribution in [-0.2, 0) is 17.8 Å². The largest absolute Gasteiger partial charge is 0.341 e. The molecule has 0 aliphatic rings. The van der Waals surface area contributed by atoms with Gasteiger partial charge in [-0.1, -0.05) is 74.0 Å². The summed E-state index contributed by atoms with van der Waals surface area (Å²) in [6.45, 7) is 2.87. The van der Waals surface area contributed by atoms with E-state index >= 15 is 0 Å². The molecule has 2 aromatic rings. The van der Waals surface area contributed by atoms with Gasteiger partial charge >= 0.3 is 0 Å². The molecule has 2 aromatic carbocycles. The second kappa shape index (κ2) is 9.14. The molecule has 0 saturated heterocycles. The van der Waals surface area contributed by atoms with Crippen LogP contribution in [0.4, 0.5) is 0 Å². The summed E-state index contributed by atoms with van der Waals surface area (Å²) in [7, 11) is 1.90. The molecule has 0 heterocycles. The lowest BCUT2D eigenvalue weighted by molar-refractivity contribution is -0.131. The number of carbonyl (C=O) groups is 1. The third-order valence-corrected chi connectivity index (χ3v) is 4.41. The Kier molecular flexibility index (Phi) is 6.86. The van der Waals surface area contributed by atoms with Crippen LogP contribution in [0.5, 0.6) is 0 Å². The van der Waals surface area contributed by atoms with Crippen LogP contribution in [0.15, 0.2) is 60.7 Å². The Morgan fingerprint density at radius 2 is 1.52 bits per heavy atom. The molecule has 0 N–H and O–H groups in total. The number of aryl methyl sites for hydroxylation is 1. The third-order valence-electron chi connectivity index (χ3n) is 4.41. The van der Waals surface area contributed by atoms with Gasteiger partial charge in [-0.15, -0.1) is 0 Å². The Hall–Kier alpha value is -2.09. The fraction of sp³-hybridized carbons (Fsp3) is 0.381. The number of benzene rings is 2. The average Bonchev–Trinajstić information content (AvgIpc) is 2.60. The molecule has 2 rings (SSSR count). The van der Waals surface area contributed by atoms with E-state index in [-0.39, 0.29) is 5.91 Å². The first-order valence-corrected chi connectivity index (χ1v) is 8.51. The van der Waals surface area contributed by atoms with E-state index in [2.05, 4.69) is 43.3 Å². The van der Waals surface area contributed by atoms with Gasteiger partial charge in [-0.05, 0) is 29.9 Å². The van der Waals surface area contributed by atoms with Gasteiger partial charge in [0.1, 0.15) is 0 Å². The monoisotopic (exact) mass is 309 g/mol. The van der Waals surface area contributed by atoms with Crippen molar-refractivity contribution in [1.29, 1.82) is 0 Å². The molecule has 2 heteroatoms. The van der Waals surface area contributed by atoms with Gasteiger partial charge in [0, 0.05) is 20.0 Å². The van der Waals surface area contributed by atoms with Crippen LogP contribution in [0.3, 0.4) is 0 Å². The molecule has 0 bridgehead atoms. The van der Waals surface area contributed by atoms with Gasteiger partial charge < -0.3 is 4.90 Å². The number of rotatable bonds is 8. The maximum atomic E-state index is 12.5. The van der Waals surface area contributed by atoms with Gasteiger partial charge in [-0.25, -0.2) is 0 Å². The number of amides is 1. The maximum Gasteiger partial charge on any atom is 0.222 e. The van der Waals surface area contributed by atoms with E-state index in [0.717, 1.165) is 19.3 Å². The molecule has 0 spiro atoms. The molecule has 23 heavy (non-hydrogen) atoms. The van der Waals surface area contributed by atoms with E-state index in [9.17, 15) is 4.79 Å². The first-order chi connectivity index (χ1) is 11.2. The number of carbonyl (C=O) groups excluding carboxylic acids is 1. The predicted octanol–water partition coefficient (Wildman–Crippen LogP) is 4.69. The minimum atomic E-state index is 0.244. The van der Waals surface area contributed by atoms with Crippen molar-refractivity contribution in [2.45, 2.75) is 39.2 Å². The summed E-state index contributed by atoms with van der Waals surface area (Å²) in [5, 5.41) is 0. The highest BCUT2D eigenvalue weighted by atomic mass is 16.2. The Morgan fingerprint density at radius 1 is 0.957 bits per heavy atom. The zero-order chi connectivity index (χ0) is 16.5. The van der Waals surface area contributed by atoms with E-state index in [0.29, 0.717) is 18.9 Å².